The standard InChI is InChI=1S/C11H16Br2N2S/c1-7-2-8(14)5-15(4-7)6-9-3-10(12)11(13)16-9/h3,7-8H,2,4-6,14H2,1H3. The molecule has 5 heteroatoms. The summed E-state index contributed by atoms with van der Waals surface area (Å²) >= 11 is 8.86. The number of nitrogens with two attached hydrogens (primary N) is 1. The lowest BCUT2D eigenvalue weighted by Crippen LogP contribution is -2.45. The maximum absolute atomic E-state index is 6.05. The van der Waals surface area contributed by atoms with Crippen molar-refractivity contribution in [3.63, 3.8) is 0 Å². The van der Waals surface area contributed by atoms with Gasteiger partial charge in [0.15, 0.2) is 0 Å². The summed E-state index contributed by atoms with van der Waals surface area (Å²) in [7, 11) is 0. The molecule has 1 aliphatic rings. The lowest BCUT2D eigenvalue weighted by Gasteiger charge is -2.34. The Labute approximate surface area is 117 Å². The lowest BCUT2D eigenvalue weighted by molar-refractivity contribution is 0.159. The summed E-state index contributed by atoms with van der Waals surface area (Å²) in [6.07, 6.45) is 1.16. The van der Waals surface area contributed by atoms with Crippen LogP contribution in [0.2, 0.25) is 0 Å². The van der Waals surface area contributed by atoms with Gasteiger partial charge in [0.1, 0.15) is 0 Å². The molecular formula is C11H16Br2N2S. The molecule has 1 saturated heterocycles. The topological polar surface area (TPSA) is 29.3 Å². The van der Waals surface area contributed by atoms with E-state index in [1.165, 1.54) is 15.2 Å². The third-order valence-electron chi connectivity index (χ3n) is 2.84. The highest BCUT2D eigenvalue weighted by Crippen LogP contribution is 2.33. The van der Waals surface area contributed by atoms with E-state index in [1.54, 1.807) is 11.3 Å². The van der Waals surface area contributed by atoms with Crippen molar-refractivity contribution in [2.75, 3.05) is 13.1 Å². The number of rotatable bonds is 2. The average molecular weight is 368 g/mol. The first-order valence-electron chi connectivity index (χ1n) is 5.46. The van der Waals surface area contributed by atoms with Gasteiger partial charge in [0.05, 0.1) is 3.79 Å². The molecule has 1 aromatic rings. The van der Waals surface area contributed by atoms with Crippen LogP contribution in [0.15, 0.2) is 14.3 Å². The summed E-state index contributed by atoms with van der Waals surface area (Å²) in [6.45, 7) is 5.50. The first-order chi connectivity index (χ1) is 7.54. The molecule has 2 N–H and O–H groups in total. The molecule has 2 atom stereocenters. The molecule has 2 nitrogen and oxygen atoms in total. The molecule has 0 saturated carbocycles. The molecule has 1 aromatic heterocycles. The molecule has 16 heavy (non-hydrogen) atoms. The Kier molecular flexibility index (Phi) is 4.46. The molecule has 0 radical (unpaired) electrons. The Morgan fingerprint density at radius 1 is 1.50 bits per heavy atom. The SMILES string of the molecule is CC1CC(N)CN(Cc2cc(Br)c(Br)s2)C1. The largest absolute Gasteiger partial charge is 0.327 e. The predicted molar refractivity (Wildman–Crippen MR) is 76.8 cm³/mol. The van der Waals surface area contributed by atoms with Crippen LogP contribution in [-0.2, 0) is 6.54 Å². The fourth-order valence-electron chi connectivity index (χ4n) is 2.33. The first kappa shape index (κ1) is 13.0. The number of hydrogen-bond acceptors (Lipinski definition) is 3. The summed E-state index contributed by atoms with van der Waals surface area (Å²) in [4.78, 5) is 3.85. The van der Waals surface area contributed by atoms with Crippen molar-refractivity contribution in [3.05, 3.63) is 19.2 Å². The van der Waals surface area contributed by atoms with Gasteiger partial charge < -0.3 is 5.73 Å². The van der Waals surface area contributed by atoms with Crippen molar-refractivity contribution >= 4 is 43.2 Å². The Hall–Kier alpha value is 0.580. The maximum Gasteiger partial charge on any atom is 0.0843 e. The van der Waals surface area contributed by atoms with Crippen LogP contribution < -0.4 is 5.73 Å². The number of piperidine rings is 1. The van der Waals surface area contributed by atoms with E-state index in [9.17, 15) is 0 Å². The summed E-state index contributed by atoms with van der Waals surface area (Å²) < 4.78 is 2.33. The predicted octanol–water partition coefficient (Wildman–Crippen LogP) is 3.44. The Bertz CT molecular complexity index is 337. The minimum atomic E-state index is 0.343. The van der Waals surface area contributed by atoms with Gasteiger partial charge in [-0.05, 0) is 50.3 Å². The van der Waals surface area contributed by atoms with E-state index < -0.39 is 0 Å². The summed E-state index contributed by atoms with van der Waals surface area (Å²) in [5.74, 6) is 0.718. The number of hydrogen-bond donors (Lipinski definition) is 1. The van der Waals surface area contributed by atoms with Gasteiger partial charge in [-0.1, -0.05) is 6.92 Å². The molecule has 1 fully saturated rings. The molecule has 0 amide bonds. The molecule has 0 bridgehead atoms. The maximum atomic E-state index is 6.05. The van der Waals surface area contributed by atoms with E-state index in [2.05, 4.69) is 49.7 Å². The van der Waals surface area contributed by atoms with E-state index in [4.69, 9.17) is 5.73 Å². The third kappa shape index (κ3) is 3.29. The highest BCUT2D eigenvalue weighted by molar-refractivity contribution is 9.13. The number of nitrogens with zero attached hydrogens (tertiary/aromatic N) is 1. The Morgan fingerprint density at radius 2 is 2.25 bits per heavy atom. The van der Waals surface area contributed by atoms with E-state index in [-0.39, 0.29) is 0 Å². The zero-order chi connectivity index (χ0) is 11.7. The molecular weight excluding hydrogens is 352 g/mol. The van der Waals surface area contributed by atoms with Crippen LogP contribution in [0.25, 0.3) is 0 Å². The zero-order valence-corrected chi connectivity index (χ0v) is 13.2. The molecule has 0 aromatic carbocycles. The van der Waals surface area contributed by atoms with Crippen LogP contribution in [0.1, 0.15) is 18.2 Å². The highest BCUT2D eigenvalue weighted by atomic mass is 79.9. The van der Waals surface area contributed by atoms with Crippen molar-refractivity contribution in [1.82, 2.24) is 4.90 Å². The van der Waals surface area contributed by atoms with Gasteiger partial charge >= 0.3 is 0 Å². The minimum Gasteiger partial charge on any atom is -0.327 e. The first-order valence-corrected chi connectivity index (χ1v) is 7.86. The highest BCUT2D eigenvalue weighted by Gasteiger charge is 2.22. The minimum absolute atomic E-state index is 0.343. The van der Waals surface area contributed by atoms with Gasteiger partial charge in [0.2, 0.25) is 0 Å². The number of likely N-dealkylation sites (tertiary alicyclic amines) is 1. The number of halogens is 2. The van der Waals surface area contributed by atoms with Gasteiger partial charge in [-0.15, -0.1) is 11.3 Å². The van der Waals surface area contributed by atoms with Gasteiger partial charge in [0, 0.05) is 35.0 Å². The fourth-order valence-corrected chi connectivity index (χ4v) is 4.55. The van der Waals surface area contributed by atoms with Crippen LogP contribution in [0.4, 0.5) is 0 Å². The summed E-state index contributed by atoms with van der Waals surface area (Å²) in [6, 6.07) is 2.54. The van der Waals surface area contributed by atoms with Crippen LogP contribution in [-0.4, -0.2) is 24.0 Å². The zero-order valence-electron chi connectivity index (χ0n) is 9.25. The van der Waals surface area contributed by atoms with E-state index in [1.807, 2.05) is 0 Å². The average Bonchev–Trinajstić information content (AvgIpc) is 2.43. The molecule has 0 aliphatic carbocycles. The van der Waals surface area contributed by atoms with Gasteiger partial charge in [-0.25, -0.2) is 0 Å². The second kappa shape index (κ2) is 5.48. The second-order valence-electron chi connectivity index (χ2n) is 4.63. The smallest absolute Gasteiger partial charge is 0.0843 e. The van der Waals surface area contributed by atoms with Crippen molar-refractivity contribution in [2.45, 2.75) is 25.9 Å². The van der Waals surface area contributed by atoms with Crippen LogP contribution in [0.5, 0.6) is 0 Å². The van der Waals surface area contributed by atoms with Gasteiger partial charge in [-0.3, -0.25) is 4.90 Å². The molecule has 90 valence electrons. The van der Waals surface area contributed by atoms with Crippen molar-refractivity contribution in [2.24, 2.45) is 11.7 Å². The van der Waals surface area contributed by atoms with Gasteiger partial charge in [-0.2, -0.15) is 0 Å². The van der Waals surface area contributed by atoms with Gasteiger partial charge in [0.25, 0.3) is 0 Å². The van der Waals surface area contributed by atoms with E-state index >= 15 is 0 Å². The third-order valence-corrected chi connectivity index (χ3v) is 6.08. The fraction of sp³-hybridized carbons (Fsp3) is 0.636. The normalized spacial score (nSPS) is 27.2. The summed E-state index contributed by atoms with van der Waals surface area (Å²) in [5, 5.41) is 0. The Morgan fingerprint density at radius 3 is 2.81 bits per heavy atom. The summed E-state index contributed by atoms with van der Waals surface area (Å²) in [5.41, 5.74) is 6.05. The molecule has 2 heterocycles. The van der Waals surface area contributed by atoms with Crippen LogP contribution in [0.3, 0.4) is 0 Å². The molecule has 2 rings (SSSR count). The number of thiophene rings is 1. The van der Waals surface area contributed by atoms with E-state index in [0.29, 0.717) is 6.04 Å². The lowest BCUT2D eigenvalue weighted by atomic mass is 9.97. The quantitative estimate of drug-likeness (QED) is 0.867. The molecule has 1 aliphatic heterocycles. The van der Waals surface area contributed by atoms with Crippen molar-refractivity contribution in [1.29, 1.82) is 0 Å². The monoisotopic (exact) mass is 366 g/mol. The van der Waals surface area contributed by atoms with Crippen molar-refractivity contribution < 1.29 is 0 Å². The molecule has 2 unspecified atom stereocenters. The van der Waals surface area contributed by atoms with Crippen LogP contribution in [0, 0.1) is 5.92 Å². The van der Waals surface area contributed by atoms with Crippen LogP contribution >= 0.6 is 43.2 Å². The second-order valence-corrected chi connectivity index (χ2v) is 7.94. The van der Waals surface area contributed by atoms with E-state index in [0.717, 1.165) is 29.9 Å². The van der Waals surface area contributed by atoms with Crippen molar-refractivity contribution in [3.8, 4) is 0 Å². The molecule has 0 spiro atoms. The Balaban J connectivity index is 1.98.